The Labute approximate surface area is 101 Å². The lowest BCUT2D eigenvalue weighted by Gasteiger charge is -2.07. The second-order valence-corrected chi connectivity index (χ2v) is 3.48. The Morgan fingerprint density at radius 3 is 2.50 bits per heavy atom. The molecule has 18 heavy (non-hydrogen) atoms. The fraction of sp³-hybridized carbons (Fsp3) is 0. The highest BCUT2D eigenvalue weighted by Crippen LogP contribution is 2.19. The number of amides is 1. The van der Waals surface area contributed by atoms with Crippen LogP contribution in [0.1, 0.15) is 10.4 Å². The maximum Gasteiger partial charge on any atom is 0.257 e. The molecule has 0 radical (unpaired) electrons. The zero-order valence-corrected chi connectivity index (χ0v) is 9.02. The summed E-state index contributed by atoms with van der Waals surface area (Å²) in [4.78, 5) is 15.3. The summed E-state index contributed by atoms with van der Waals surface area (Å²) >= 11 is 0. The summed E-state index contributed by atoms with van der Waals surface area (Å²) in [5.74, 6) is -2.73. The van der Waals surface area contributed by atoms with Crippen LogP contribution >= 0.6 is 0 Å². The lowest BCUT2D eigenvalue weighted by Crippen LogP contribution is -2.14. The van der Waals surface area contributed by atoms with E-state index < -0.39 is 23.2 Å². The molecule has 6 heteroatoms. The number of aromatic hydroxyl groups is 1. The zero-order chi connectivity index (χ0) is 13.1. The summed E-state index contributed by atoms with van der Waals surface area (Å²) in [6, 6.07) is 4.39. The molecule has 92 valence electrons. The van der Waals surface area contributed by atoms with Gasteiger partial charge in [0.15, 0.2) is 0 Å². The lowest BCUT2D eigenvalue weighted by atomic mass is 10.2. The minimum Gasteiger partial charge on any atom is -0.506 e. The van der Waals surface area contributed by atoms with Crippen molar-refractivity contribution in [3.63, 3.8) is 0 Å². The van der Waals surface area contributed by atoms with Gasteiger partial charge in [0.25, 0.3) is 5.91 Å². The van der Waals surface area contributed by atoms with E-state index in [1.807, 2.05) is 0 Å². The first-order valence-corrected chi connectivity index (χ1v) is 4.97. The van der Waals surface area contributed by atoms with Gasteiger partial charge in [0.1, 0.15) is 23.1 Å². The topological polar surface area (TPSA) is 62.2 Å². The van der Waals surface area contributed by atoms with E-state index >= 15 is 0 Å². The van der Waals surface area contributed by atoms with E-state index in [9.17, 15) is 13.6 Å². The summed E-state index contributed by atoms with van der Waals surface area (Å²) in [7, 11) is 0. The fourth-order valence-electron chi connectivity index (χ4n) is 1.35. The molecular formula is C12H8F2N2O2. The van der Waals surface area contributed by atoms with Crippen molar-refractivity contribution in [2.24, 2.45) is 0 Å². The Balaban J connectivity index is 2.27. The Kier molecular flexibility index (Phi) is 3.18. The Hall–Kier alpha value is -2.50. The minimum atomic E-state index is -0.878. The number of nitrogens with zero attached hydrogens (tertiary/aromatic N) is 1. The van der Waals surface area contributed by atoms with Crippen molar-refractivity contribution < 1.29 is 18.7 Å². The van der Waals surface area contributed by atoms with Crippen molar-refractivity contribution in [3.05, 3.63) is 53.9 Å². The quantitative estimate of drug-likeness (QED) is 0.859. The van der Waals surface area contributed by atoms with Crippen LogP contribution in [0.25, 0.3) is 0 Å². The van der Waals surface area contributed by atoms with Crippen molar-refractivity contribution in [3.8, 4) is 5.75 Å². The van der Waals surface area contributed by atoms with Crippen LogP contribution in [0.4, 0.5) is 14.5 Å². The van der Waals surface area contributed by atoms with Crippen LogP contribution in [-0.4, -0.2) is 16.0 Å². The molecule has 0 saturated carbocycles. The van der Waals surface area contributed by atoms with Crippen LogP contribution in [0.3, 0.4) is 0 Å². The van der Waals surface area contributed by atoms with Gasteiger partial charge in [0, 0.05) is 6.20 Å². The van der Waals surface area contributed by atoms with Gasteiger partial charge in [-0.1, -0.05) is 6.07 Å². The fourth-order valence-corrected chi connectivity index (χ4v) is 1.35. The standard InChI is InChI=1S/C12H8F2N2O2/c13-9-2-1-3-10(14)11(9)16-12(18)7-4-8(17)6-15-5-7/h1-6,17H,(H,16,18). The normalized spacial score (nSPS) is 10.1. The molecule has 0 atom stereocenters. The summed E-state index contributed by atoms with van der Waals surface area (Å²) < 4.78 is 26.6. The minimum absolute atomic E-state index is 0.00217. The van der Waals surface area contributed by atoms with E-state index in [1.165, 1.54) is 12.3 Å². The van der Waals surface area contributed by atoms with Gasteiger partial charge in [-0.05, 0) is 18.2 Å². The Morgan fingerprint density at radius 1 is 1.22 bits per heavy atom. The molecule has 0 spiro atoms. The van der Waals surface area contributed by atoms with Gasteiger partial charge in [-0.3, -0.25) is 9.78 Å². The smallest absolute Gasteiger partial charge is 0.257 e. The first kappa shape index (κ1) is 12.0. The molecule has 1 heterocycles. The van der Waals surface area contributed by atoms with Crippen molar-refractivity contribution in [1.29, 1.82) is 0 Å². The van der Waals surface area contributed by atoms with Crippen LogP contribution in [0.2, 0.25) is 0 Å². The molecule has 2 N–H and O–H groups in total. The number of hydrogen-bond donors (Lipinski definition) is 2. The number of hydrogen-bond acceptors (Lipinski definition) is 3. The molecule has 2 rings (SSSR count). The average Bonchev–Trinajstić information content (AvgIpc) is 2.34. The molecule has 1 amide bonds. The molecule has 2 aromatic rings. The highest BCUT2D eigenvalue weighted by atomic mass is 19.1. The monoisotopic (exact) mass is 250 g/mol. The van der Waals surface area contributed by atoms with Gasteiger partial charge in [-0.15, -0.1) is 0 Å². The largest absolute Gasteiger partial charge is 0.506 e. The van der Waals surface area contributed by atoms with Gasteiger partial charge in [-0.25, -0.2) is 8.78 Å². The number of rotatable bonds is 2. The third-order valence-electron chi connectivity index (χ3n) is 2.19. The van der Waals surface area contributed by atoms with Crippen LogP contribution in [0, 0.1) is 11.6 Å². The number of carbonyl (C=O) groups is 1. The maximum atomic E-state index is 13.3. The number of pyridine rings is 1. The van der Waals surface area contributed by atoms with E-state index in [2.05, 4.69) is 10.3 Å². The molecule has 0 aliphatic carbocycles. The number of nitrogens with one attached hydrogen (secondary N) is 1. The number of carbonyl (C=O) groups excluding carboxylic acids is 1. The third-order valence-corrected chi connectivity index (χ3v) is 2.19. The van der Waals surface area contributed by atoms with Crippen molar-refractivity contribution >= 4 is 11.6 Å². The number of halogens is 2. The van der Waals surface area contributed by atoms with Crippen LogP contribution in [-0.2, 0) is 0 Å². The number of anilines is 1. The predicted octanol–water partition coefficient (Wildman–Crippen LogP) is 2.32. The van der Waals surface area contributed by atoms with Gasteiger partial charge in [0.05, 0.1) is 11.8 Å². The molecule has 0 aliphatic rings. The summed E-state index contributed by atoms with van der Waals surface area (Å²) in [5.41, 5.74) is -0.538. The SMILES string of the molecule is O=C(Nc1c(F)cccc1F)c1cncc(O)c1. The van der Waals surface area contributed by atoms with Crippen molar-refractivity contribution in [2.75, 3.05) is 5.32 Å². The second kappa shape index (κ2) is 4.79. The first-order chi connectivity index (χ1) is 8.58. The number of para-hydroxylation sites is 1. The summed E-state index contributed by atoms with van der Waals surface area (Å²) in [5, 5.41) is 11.2. The molecule has 1 aromatic carbocycles. The Bertz CT molecular complexity index is 582. The van der Waals surface area contributed by atoms with Gasteiger partial charge in [-0.2, -0.15) is 0 Å². The van der Waals surface area contributed by atoms with Gasteiger partial charge >= 0.3 is 0 Å². The molecule has 0 bridgehead atoms. The van der Waals surface area contributed by atoms with Crippen LogP contribution in [0.15, 0.2) is 36.7 Å². The molecule has 0 saturated heterocycles. The molecule has 0 fully saturated rings. The number of benzene rings is 1. The Morgan fingerprint density at radius 2 is 1.89 bits per heavy atom. The average molecular weight is 250 g/mol. The molecule has 0 unspecified atom stereocenters. The molecule has 0 aliphatic heterocycles. The van der Waals surface area contributed by atoms with Gasteiger partial charge in [0.2, 0.25) is 0 Å². The third kappa shape index (κ3) is 2.42. The predicted molar refractivity (Wildman–Crippen MR) is 60.2 cm³/mol. The van der Waals surface area contributed by atoms with Crippen molar-refractivity contribution in [2.45, 2.75) is 0 Å². The van der Waals surface area contributed by atoms with E-state index in [0.717, 1.165) is 24.4 Å². The highest BCUT2D eigenvalue weighted by molar-refractivity contribution is 6.04. The van der Waals surface area contributed by atoms with Gasteiger partial charge < -0.3 is 10.4 Å². The summed E-state index contributed by atoms with van der Waals surface area (Å²) in [6.45, 7) is 0. The summed E-state index contributed by atoms with van der Waals surface area (Å²) in [6.07, 6.45) is 2.31. The van der Waals surface area contributed by atoms with E-state index in [0.29, 0.717) is 0 Å². The second-order valence-electron chi connectivity index (χ2n) is 3.48. The van der Waals surface area contributed by atoms with Crippen LogP contribution < -0.4 is 5.32 Å². The highest BCUT2D eigenvalue weighted by Gasteiger charge is 2.13. The first-order valence-electron chi connectivity index (χ1n) is 4.97. The lowest BCUT2D eigenvalue weighted by molar-refractivity contribution is 0.102. The van der Waals surface area contributed by atoms with E-state index in [-0.39, 0.29) is 11.3 Å². The zero-order valence-electron chi connectivity index (χ0n) is 9.02. The molecule has 4 nitrogen and oxygen atoms in total. The number of aromatic nitrogens is 1. The maximum absolute atomic E-state index is 13.3. The van der Waals surface area contributed by atoms with Crippen molar-refractivity contribution in [1.82, 2.24) is 4.98 Å². The van der Waals surface area contributed by atoms with E-state index in [4.69, 9.17) is 5.11 Å². The molecular weight excluding hydrogens is 242 g/mol. The van der Waals surface area contributed by atoms with Crippen LogP contribution in [0.5, 0.6) is 5.75 Å². The molecule has 1 aromatic heterocycles. The van der Waals surface area contributed by atoms with E-state index in [1.54, 1.807) is 0 Å².